The van der Waals surface area contributed by atoms with Gasteiger partial charge in [-0.2, -0.15) is 9.40 Å². The minimum Gasteiger partial charge on any atom is -0.453 e. The van der Waals surface area contributed by atoms with Gasteiger partial charge in [0.05, 0.1) is 17.5 Å². The Morgan fingerprint density at radius 1 is 1.30 bits per heavy atom. The summed E-state index contributed by atoms with van der Waals surface area (Å²) in [5, 5.41) is 8.33. The monoisotopic (exact) mass is 525 g/mol. The third-order valence-electron chi connectivity index (χ3n) is 7.19. The number of H-pyrrole nitrogens is 1. The molecule has 2 aliphatic rings. The summed E-state index contributed by atoms with van der Waals surface area (Å²) in [5.41, 5.74) is 0.788. The first-order chi connectivity index (χ1) is 17.7. The number of hydrogen-bond donors (Lipinski definition) is 2. The lowest BCUT2D eigenvalue weighted by Gasteiger charge is -2.38. The number of aromatic nitrogens is 3. The molecule has 2 aliphatic heterocycles. The smallest absolute Gasteiger partial charge is 0.409 e. The molecule has 2 aromatic heterocycles. The molecule has 5 rings (SSSR count). The number of sulfonamides is 1. The molecule has 1 amide bonds. The normalized spacial score (nSPS) is 18.4. The Balaban J connectivity index is 1.55. The summed E-state index contributed by atoms with van der Waals surface area (Å²) in [5.74, 6) is 0.310. The van der Waals surface area contributed by atoms with Gasteiger partial charge < -0.3 is 24.8 Å². The predicted molar refractivity (Wildman–Crippen MR) is 136 cm³/mol. The molecular formula is C24H27N7O5S. The maximum Gasteiger partial charge on any atom is 0.409 e. The molecule has 1 aromatic carbocycles. The molecule has 0 atom stereocenters. The van der Waals surface area contributed by atoms with E-state index in [-0.39, 0.29) is 23.5 Å². The number of nitrogens with one attached hydrogen (secondary N) is 2. The second-order valence-electron chi connectivity index (χ2n) is 9.20. The van der Waals surface area contributed by atoms with Crippen molar-refractivity contribution in [3.63, 3.8) is 0 Å². The van der Waals surface area contributed by atoms with Crippen molar-refractivity contribution in [3.05, 3.63) is 57.8 Å². The molecule has 0 spiro atoms. The fourth-order valence-corrected chi connectivity index (χ4v) is 6.83. The van der Waals surface area contributed by atoms with Crippen molar-refractivity contribution in [2.75, 3.05) is 38.6 Å². The van der Waals surface area contributed by atoms with Crippen LogP contribution >= 0.6 is 0 Å². The fourth-order valence-electron chi connectivity index (χ4n) is 5.21. The molecule has 4 heterocycles. The van der Waals surface area contributed by atoms with Crippen molar-refractivity contribution >= 4 is 38.5 Å². The predicted octanol–water partition coefficient (Wildman–Crippen LogP) is 2.47. The van der Waals surface area contributed by atoms with Crippen LogP contribution in [0.1, 0.15) is 25.3 Å². The van der Waals surface area contributed by atoms with Crippen molar-refractivity contribution in [1.29, 1.82) is 0 Å². The molecule has 3 aromatic rings. The van der Waals surface area contributed by atoms with Crippen LogP contribution in [-0.2, 0) is 26.8 Å². The number of carbonyl (C=O) groups is 1. The molecule has 1 saturated heterocycles. The van der Waals surface area contributed by atoms with E-state index in [1.165, 1.54) is 11.4 Å². The number of anilines is 2. The summed E-state index contributed by atoms with van der Waals surface area (Å²) in [4.78, 5) is 33.2. The van der Waals surface area contributed by atoms with E-state index in [2.05, 4.69) is 15.1 Å². The summed E-state index contributed by atoms with van der Waals surface area (Å²) < 4.78 is 33.3. The molecule has 0 aliphatic carbocycles. The Morgan fingerprint density at radius 3 is 2.73 bits per heavy atom. The zero-order valence-electron chi connectivity index (χ0n) is 20.5. The number of carbonyl (C=O) groups excluding carboxylic acids is 1. The first-order valence-electron chi connectivity index (χ1n) is 11.9. The van der Waals surface area contributed by atoms with Crippen LogP contribution in [0.15, 0.2) is 40.2 Å². The minimum atomic E-state index is -3.50. The molecule has 0 saturated carbocycles. The van der Waals surface area contributed by atoms with Crippen molar-refractivity contribution < 1.29 is 17.9 Å². The number of methoxy groups -OCH3 is 1. The van der Waals surface area contributed by atoms with E-state index in [0.717, 1.165) is 0 Å². The second-order valence-corrected chi connectivity index (χ2v) is 11.1. The van der Waals surface area contributed by atoms with E-state index in [9.17, 15) is 18.0 Å². The average molecular weight is 526 g/mol. The van der Waals surface area contributed by atoms with Crippen LogP contribution in [0.5, 0.6) is 0 Å². The van der Waals surface area contributed by atoms with Gasteiger partial charge in [0.25, 0.3) is 5.56 Å². The number of rotatable bonds is 5. The molecular weight excluding hydrogens is 498 g/mol. The summed E-state index contributed by atoms with van der Waals surface area (Å²) in [7, 11) is -2.16. The Kier molecular flexibility index (Phi) is 6.17. The number of pyridine rings is 1. The molecule has 0 bridgehead atoms. The number of ether oxygens (including phenoxy) is 1. The zero-order valence-corrected chi connectivity index (χ0v) is 21.3. The van der Waals surface area contributed by atoms with Crippen LogP contribution < -0.4 is 10.9 Å². The molecule has 1 fully saturated rings. The topological polar surface area (TPSA) is 134 Å². The lowest BCUT2D eigenvalue weighted by Crippen LogP contribution is -2.50. The Hall–Kier alpha value is -3.89. The fraction of sp³-hybridized carbons (Fsp3) is 0.417. The standard InChI is InChI=1S/C24H27N7O5S/c1-4-30-14-16-13-17(5-6-19(16)37(30,34)35)27-21-20-18(7-10-26-22(20)32)31(28-21)24(15-25-2)8-11-29(12-9-24)23(33)36-3/h5-7,10,13H,4,8-9,11-12,14-15H2,1,3H3,(H,26,32)(H,27,28). The Labute approximate surface area is 213 Å². The van der Waals surface area contributed by atoms with E-state index < -0.39 is 21.7 Å². The van der Waals surface area contributed by atoms with Crippen LogP contribution in [-0.4, -0.2) is 71.8 Å². The molecule has 194 valence electrons. The minimum absolute atomic E-state index is 0.134. The third kappa shape index (κ3) is 4.02. The summed E-state index contributed by atoms with van der Waals surface area (Å²) >= 11 is 0. The average Bonchev–Trinajstić information content (AvgIpc) is 3.39. The lowest BCUT2D eigenvalue weighted by atomic mass is 9.87. The molecule has 0 radical (unpaired) electrons. The van der Waals surface area contributed by atoms with Gasteiger partial charge in [0.15, 0.2) is 5.82 Å². The largest absolute Gasteiger partial charge is 0.453 e. The molecule has 12 nitrogen and oxygen atoms in total. The van der Waals surface area contributed by atoms with Gasteiger partial charge in [-0.15, -0.1) is 0 Å². The molecule has 0 unspecified atom stereocenters. The van der Waals surface area contributed by atoms with Crippen molar-refractivity contribution in [2.45, 2.75) is 36.7 Å². The molecule has 37 heavy (non-hydrogen) atoms. The van der Waals surface area contributed by atoms with Crippen LogP contribution in [0.2, 0.25) is 0 Å². The quantitative estimate of drug-likeness (QED) is 0.489. The van der Waals surface area contributed by atoms with Crippen LogP contribution in [0.25, 0.3) is 15.7 Å². The van der Waals surface area contributed by atoms with Gasteiger partial charge in [-0.25, -0.2) is 24.5 Å². The number of hydrogen-bond acceptors (Lipinski definition) is 7. The number of likely N-dealkylation sites (tertiary alicyclic amines) is 1. The first-order valence-corrected chi connectivity index (χ1v) is 13.3. The van der Waals surface area contributed by atoms with Gasteiger partial charge in [0, 0.05) is 38.1 Å². The highest BCUT2D eigenvalue weighted by Gasteiger charge is 2.43. The number of benzene rings is 1. The lowest BCUT2D eigenvalue weighted by molar-refractivity contribution is 0.0835. The van der Waals surface area contributed by atoms with Gasteiger partial charge in [-0.1, -0.05) is 6.92 Å². The van der Waals surface area contributed by atoms with Crippen LogP contribution in [0.4, 0.5) is 16.3 Å². The molecule has 2 N–H and O–H groups in total. The number of piperidine rings is 1. The van der Waals surface area contributed by atoms with E-state index in [1.54, 1.807) is 47.0 Å². The van der Waals surface area contributed by atoms with Crippen molar-refractivity contribution in [1.82, 2.24) is 24.0 Å². The maximum absolute atomic E-state index is 12.9. The van der Waals surface area contributed by atoms with E-state index in [0.29, 0.717) is 60.4 Å². The van der Waals surface area contributed by atoms with Crippen LogP contribution in [0.3, 0.4) is 0 Å². The first kappa shape index (κ1) is 24.8. The highest BCUT2D eigenvalue weighted by molar-refractivity contribution is 7.89. The summed E-state index contributed by atoms with van der Waals surface area (Å²) in [6.45, 7) is 11.0. The van der Waals surface area contributed by atoms with Gasteiger partial charge in [0.2, 0.25) is 16.6 Å². The van der Waals surface area contributed by atoms with Gasteiger partial charge in [-0.3, -0.25) is 4.79 Å². The number of fused-ring (bicyclic) bond motifs is 2. The van der Waals surface area contributed by atoms with Gasteiger partial charge >= 0.3 is 6.09 Å². The Morgan fingerprint density at radius 2 is 2.05 bits per heavy atom. The van der Waals surface area contributed by atoms with Gasteiger partial charge in [-0.05, 0) is 42.7 Å². The van der Waals surface area contributed by atoms with E-state index in [4.69, 9.17) is 16.4 Å². The number of aromatic amines is 1. The molecule has 13 heteroatoms. The van der Waals surface area contributed by atoms with Gasteiger partial charge in [0.1, 0.15) is 10.9 Å². The Bertz CT molecular complexity index is 1580. The maximum atomic E-state index is 12.9. The number of nitrogens with zero attached hydrogens (tertiary/aromatic N) is 5. The SMILES string of the molecule is [C-]#[N+]CC1(n2nc(Nc3ccc4c(c3)CN(CC)S4(=O)=O)c3c(=O)[nH]ccc32)CCN(C(=O)OC)CC1. The van der Waals surface area contributed by atoms with Crippen LogP contribution in [0, 0.1) is 6.57 Å². The zero-order chi connectivity index (χ0) is 26.4. The third-order valence-corrected chi connectivity index (χ3v) is 9.22. The summed E-state index contributed by atoms with van der Waals surface area (Å²) in [6, 6.07) is 6.73. The summed E-state index contributed by atoms with van der Waals surface area (Å²) in [6.07, 6.45) is 2.07. The number of amides is 1. The van der Waals surface area contributed by atoms with E-state index in [1.807, 2.05) is 0 Å². The van der Waals surface area contributed by atoms with E-state index >= 15 is 0 Å². The van der Waals surface area contributed by atoms with Crippen molar-refractivity contribution in [2.24, 2.45) is 0 Å². The van der Waals surface area contributed by atoms with Crippen molar-refractivity contribution in [3.8, 4) is 0 Å². The highest BCUT2D eigenvalue weighted by Crippen LogP contribution is 2.37. The highest BCUT2D eigenvalue weighted by atomic mass is 32.2. The second kappa shape index (κ2) is 9.20.